The van der Waals surface area contributed by atoms with E-state index >= 15 is 0 Å². The maximum absolute atomic E-state index is 10.6. The molecule has 2 aromatic rings. The van der Waals surface area contributed by atoms with Gasteiger partial charge in [-0.25, -0.2) is 0 Å². The Morgan fingerprint density at radius 2 is 1.56 bits per heavy atom. The molecular formula is C12H10O3S. The lowest BCUT2D eigenvalue weighted by Crippen LogP contribution is -1.98. The first-order chi connectivity index (χ1) is 7.77. The molecule has 0 amide bonds. The summed E-state index contributed by atoms with van der Waals surface area (Å²) in [6, 6.07) is 16.7. The van der Waals surface area contributed by atoms with Gasteiger partial charge in [0, 0.05) is 5.56 Å². The van der Waals surface area contributed by atoms with E-state index < -0.39 is 11.4 Å². The molecule has 1 N–H and O–H groups in total. The quantitative estimate of drug-likeness (QED) is 0.831. The molecule has 2 aromatic carbocycles. The van der Waals surface area contributed by atoms with Crippen molar-refractivity contribution in [3.05, 3.63) is 54.6 Å². The molecule has 0 heterocycles. The van der Waals surface area contributed by atoms with Crippen LogP contribution in [0.3, 0.4) is 0 Å². The molecule has 0 aliphatic heterocycles. The second kappa shape index (κ2) is 4.92. The van der Waals surface area contributed by atoms with Crippen molar-refractivity contribution in [3.63, 3.8) is 0 Å². The maximum Gasteiger partial charge on any atom is 0.357 e. The monoisotopic (exact) mass is 234 g/mol. The molecule has 4 heteroatoms. The highest BCUT2D eigenvalue weighted by Gasteiger charge is 2.07. The molecule has 1 unspecified atom stereocenters. The van der Waals surface area contributed by atoms with Gasteiger partial charge in [0.1, 0.15) is 5.75 Å². The molecule has 0 fully saturated rings. The molecule has 2 rings (SSSR count). The zero-order valence-corrected chi connectivity index (χ0v) is 9.18. The molecule has 0 spiro atoms. The van der Waals surface area contributed by atoms with Crippen LogP contribution in [0.4, 0.5) is 0 Å². The summed E-state index contributed by atoms with van der Waals surface area (Å²) in [6.45, 7) is 0. The van der Waals surface area contributed by atoms with Crippen LogP contribution >= 0.6 is 0 Å². The van der Waals surface area contributed by atoms with E-state index in [1.807, 2.05) is 42.5 Å². The summed E-state index contributed by atoms with van der Waals surface area (Å²) in [5.74, 6) is 0.398. The Balaban J connectivity index is 2.44. The minimum atomic E-state index is -2.30. The SMILES string of the molecule is O=S(O)Oc1ccccc1-c1ccccc1. The van der Waals surface area contributed by atoms with Crippen LogP contribution in [-0.4, -0.2) is 8.76 Å². The molecule has 0 aliphatic rings. The number of benzene rings is 2. The lowest BCUT2D eigenvalue weighted by molar-refractivity contribution is 0.458. The van der Waals surface area contributed by atoms with Crippen molar-refractivity contribution < 1.29 is 12.9 Å². The summed E-state index contributed by atoms with van der Waals surface area (Å²) >= 11 is -2.30. The Bertz CT molecular complexity index is 497. The molecule has 0 aliphatic carbocycles. The Morgan fingerprint density at radius 1 is 0.938 bits per heavy atom. The lowest BCUT2D eigenvalue weighted by atomic mass is 10.1. The fraction of sp³-hybridized carbons (Fsp3) is 0. The van der Waals surface area contributed by atoms with Crippen LogP contribution in [0.5, 0.6) is 5.75 Å². The third-order valence-electron chi connectivity index (χ3n) is 2.13. The standard InChI is InChI=1S/C12H10O3S/c13-16(14)15-12-9-5-4-8-11(12)10-6-2-1-3-7-10/h1-9H,(H,13,14). The smallest absolute Gasteiger partial charge is 0.357 e. The molecule has 0 bridgehead atoms. The van der Waals surface area contributed by atoms with E-state index in [4.69, 9.17) is 8.74 Å². The van der Waals surface area contributed by atoms with Crippen LogP contribution in [0.1, 0.15) is 0 Å². The van der Waals surface area contributed by atoms with Crippen LogP contribution < -0.4 is 4.18 Å². The van der Waals surface area contributed by atoms with E-state index in [0.717, 1.165) is 11.1 Å². The Labute approximate surface area is 96.2 Å². The minimum Gasteiger partial charge on any atom is -0.379 e. The Morgan fingerprint density at radius 3 is 2.25 bits per heavy atom. The predicted molar refractivity (Wildman–Crippen MR) is 63.3 cm³/mol. The minimum absolute atomic E-state index is 0.398. The molecule has 16 heavy (non-hydrogen) atoms. The van der Waals surface area contributed by atoms with Crippen LogP contribution in [0.2, 0.25) is 0 Å². The van der Waals surface area contributed by atoms with Crippen molar-refractivity contribution in [1.82, 2.24) is 0 Å². The summed E-state index contributed by atoms with van der Waals surface area (Å²) in [5.41, 5.74) is 1.74. The van der Waals surface area contributed by atoms with Gasteiger partial charge in [0.05, 0.1) is 0 Å². The molecule has 0 saturated carbocycles. The first-order valence-electron chi connectivity index (χ1n) is 4.71. The highest BCUT2D eigenvalue weighted by Crippen LogP contribution is 2.29. The van der Waals surface area contributed by atoms with Gasteiger partial charge in [-0.15, -0.1) is 0 Å². The molecular weight excluding hydrogens is 224 g/mol. The fourth-order valence-electron chi connectivity index (χ4n) is 1.47. The van der Waals surface area contributed by atoms with Crippen molar-refractivity contribution in [2.75, 3.05) is 0 Å². The van der Waals surface area contributed by atoms with Crippen molar-refractivity contribution >= 4 is 11.4 Å². The van der Waals surface area contributed by atoms with Gasteiger partial charge < -0.3 is 4.18 Å². The Kier molecular flexibility index (Phi) is 3.34. The van der Waals surface area contributed by atoms with Gasteiger partial charge in [-0.05, 0) is 11.6 Å². The van der Waals surface area contributed by atoms with Crippen molar-refractivity contribution in [1.29, 1.82) is 0 Å². The van der Waals surface area contributed by atoms with Gasteiger partial charge in [0.15, 0.2) is 0 Å². The second-order valence-corrected chi connectivity index (χ2v) is 3.76. The van der Waals surface area contributed by atoms with Gasteiger partial charge in [-0.2, -0.15) is 4.21 Å². The molecule has 1 atom stereocenters. The number of para-hydroxylation sites is 1. The van der Waals surface area contributed by atoms with Crippen molar-refractivity contribution in [3.8, 4) is 16.9 Å². The van der Waals surface area contributed by atoms with E-state index in [1.54, 1.807) is 12.1 Å². The number of rotatable bonds is 3. The summed E-state index contributed by atoms with van der Waals surface area (Å²) in [7, 11) is 0. The maximum atomic E-state index is 10.6. The lowest BCUT2D eigenvalue weighted by Gasteiger charge is -2.07. The summed E-state index contributed by atoms with van der Waals surface area (Å²) in [4.78, 5) is 0. The molecule has 3 nitrogen and oxygen atoms in total. The van der Waals surface area contributed by atoms with Gasteiger partial charge in [-0.3, -0.25) is 4.55 Å². The van der Waals surface area contributed by atoms with Crippen LogP contribution in [-0.2, 0) is 11.4 Å². The average Bonchev–Trinajstić information content (AvgIpc) is 2.30. The van der Waals surface area contributed by atoms with Gasteiger partial charge in [0.2, 0.25) is 0 Å². The van der Waals surface area contributed by atoms with Gasteiger partial charge in [-0.1, -0.05) is 48.5 Å². The third kappa shape index (κ3) is 2.48. The summed E-state index contributed by atoms with van der Waals surface area (Å²) in [5, 5.41) is 0. The summed E-state index contributed by atoms with van der Waals surface area (Å²) < 4.78 is 24.2. The van der Waals surface area contributed by atoms with E-state index in [2.05, 4.69) is 0 Å². The van der Waals surface area contributed by atoms with Crippen molar-refractivity contribution in [2.45, 2.75) is 0 Å². The second-order valence-electron chi connectivity index (χ2n) is 3.16. The Hall–Kier alpha value is -1.65. The zero-order valence-electron chi connectivity index (χ0n) is 8.37. The van der Waals surface area contributed by atoms with Crippen molar-refractivity contribution in [2.24, 2.45) is 0 Å². The molecule has 0 aromatic heterocycles. The highest BCUT2D eigenvalue weighted by atomic mass is 32.2. The normalized spacial score (nSPS) is 12.1. The first kappa shape index (κ1) is 10.9. The van der Waals surface area contributed by atoms with Gasteiger partial charge >= 0.3 is 11.4 Å². The average molecular weight is 234 g/mol. The predicted octanol–water partition coefficient (Wildman–Crippen LogP) is 2.87. The zero-order chi connectivity index (χ0) is 11.4. The van der Waals surface area contributed by atoms with Crippen LogP contribution in [0, 0.1) is 0 Å². The molecule has 82 valence electrons. The number of hydrogen-bond acceptors (Lipinski definition) is 2. The first-order valence-corrected chi connectivity index (χ1v) is 5.74. The molecule has 0 radical (unpaired) electrons. The fourth-order valence-corrected chi connectivity index (χ4v) is 1.77. The topological polar surface area (TPSA) is 46.5 Å². The van der Waals surface area contributed by atoms with E-state index in [1.165, 1.54) is 0 Å². The van der Waals surface area contributed by atoms with E-state index in [0.29, 0.717) is 5.75 Å². The third-order valence-corrected chi connectivity index (χ3v) is 2.46. The van der Waals surface area contributed by atoms with Crippen LogP contribution in [0.25, 0.3) is 11.1 Å². The van der Waals surface area contributed by atoms with Gasteiger partial charge in [0.25, 0.3) is 0 Å². The summed E-state index contributed by atoms with van der Waals surface area (Å²) in [6.07, 6.45) is 0. The van der Waals surface area contributed by atoms with E-state index in [-0.39, 0.29) is 0 Å². The molecule has 0 saturated heterocycles. The van der Waals surface area contributed by atoms with E-state index in [9.17, 15) is 4.21 Å². The largest absolute Gasteiger partial charge is 0.379 e. The highest BCUT2D eigenvalue weighted by molar-refractivity contribution is 7.74. The number of hydrogen-bond donors (Lipinski definition) is 1. The van der Waals surface area contributed by atoms with Crippen LogP contribution in [0.15, 0.2) is 54.6 Å².